The molecule has 0 unspecified atom stereocenters. The van der Waals surface area contributed by atoms with Gasteiger partial charge in [-0.1, -0.05) is 6.07 Å². The lowest BCUT2D eigenvalue weighted by atomic mass is 10.2. The van der Waals surface area contributed by atoms with E-state index in [-0.39, 0.29) is 11.8 Å². The van der Waals surface area contributed by atoms with E-state index < -0.39 is 0 Å². The number of benzene rings is 1. The van der Waals surface area contributed by atoms with Gasteiger partial charge in [0.1, 0.15) is 5.82 Å². The molecular formula is C19H21N5O3. The summed E-state index contributed by atoms with van der Waals surface area (Å²) in [5.74, 6) is 0.304. The third-order valence-electron chi connectivity index (χ3n) is 4.21. The van der Waals surface area contributed by atoms with Crippen LogP contribution < -0.4 is 10.6 Å². The highest BCUT2D eigenvalue weighted by Gasteiger charge is 2.21. The van der Waals surface area contributed by atoms with E-state index in [2.05, 4.69) is 15.6 Å². The predicted molar refractivity (Wildman–Crippen MR) is 102 cm³/mol. The number of rotatable bonds is 5. The van der Waals surface area contributed by atoms with Crippen molar-refractivity contribution in [3.05, 3.63) is 48.2 Å². The van der Waals surface area contributed by atoms with Gasteiger partial charge >= 0.3 is 0 Å². The van der Waals surface area contributed by atoms with Crippen LogP contribution in [-0.2, 0) is 9.59 Å². The summed E-state index contributed by atoms with van der Waals surface area (Å²) < 4.78 is 0. The number of pyridine rings is 1. The van der Waals surface area contributed by atoms with E-state index in [1.54, 1.807) is 40.3 Å². The summed E-state index contributed by atoms with van der Waals surface area (Å²) in [6, 6.07) is 10.6. The number of hydrogen-bond acceptors (Lipinski definition) is 5. The van der Waals surface area contributed by atoms with Crippen molar-refractivity contribution in [2.75, 3.05) is 36.8 Å². The molecule has 1 aliphatic rings. The second-order valence-electron chi connectivity index (χ2n) is 6.25. The Bertz CT molecular complexity index is 847. The van der Waals surface area contributed by atoms with Crippen molar-refractivity contribution >= 4 is 35.4 Å². The summed E-state index contributed by atoms with van der Waals surface area (Å²) in [5.41, 5.74) is 1.95. The normalized spacial score (nSPS) is 13.8. The fourth-order valence-electron chi connectivity index (χ4n) is 2.87. The van der Waals surface area contributed by atoms with Gasteiger partial charge in [0.2, 0.25) is 12.3 Å². The van der Waals surface area contributed by atoms with Crippen molar-refractivity contribution < 1.29 is 14.4 Å². The van der Waals surface area contributed by atoms with Crippen molar-refractivity contribution in [2.24, 2.45) is 0 Å². The molecule has 0 saturated carbocycles. The van der Waals surface area contributed by atoms with E-state index >= 15 is 0 Å². The second-order valence-corrected chi connectivity index (χ2v) is 6.25. The molecule has 3 amide bonds. The van der Waals surface area contributed by atoms with Crippen LogP contribution in [0.5, 0.6) is 0 Å². The van der Waals surface area contributed by atoms with Crippen LogP contribution in [-0.4, -0.2) is 59.2 Å². The molecule has 1 fully saturated rings. The number of nitrogens with zero attached hydrogens (tertiary/aromatic N) is 3. The maximum absolute atomic E-state index is 12.7. The molecule has 27 heavy (non-hydrogen) atoms. The highest BCUT2D eigenvalue weighted by Crippen LogP contribution is 2.20. The number of amides is 3. The zero-order chi connectivity index (χ0) is 19.2. The van der Waals surface area contributed by atoms with Crippen molar-refractivity contribution in [1.29, 1.82) is 0 Å². The predicted octanol–water partition coefficient (Wildman–Crippen LogP) is 1.70. The molecule has 1 aromatic heterocycles. The highest BCUT2D eigenvalue weighted by atomic mass is 16.2. The van der Waals surface area contributed by atoms with Crippen LogP contribution in [0.1, 0.15) is 17.3 Å². The summed E-state index contributed by atoms with van der Waals surface area (Å²) >= 11 is 0. The number of aromatic nitrogens is 1. The number of anilines is 3. The molecule has 1 aliphatic heterocycles. The van der Waals surface area contributed by atoms with Crippen LogP contribution in [0.3, 0.4) is 0 Å². The number of hydrogen-bond donors (Lipinski definition) is 2. The first-order chi connectivity index (χ1) is 13.0. The minimum absolute atomic E-state index is 0.0852. The first kappa shape index (κ1) is 18.4. The molecule has 8 heteroatoms. The largest absolute Gasteiger partial charge is 0.342 e. The van der Waals surface area contributed by atoms with Crippen LogP contribution in [0.15, 0.2) is 42.6 Å². The van der Waals surface area contributed by atoms with Gasteiger partial charge in [0.15, 0.2) is 0 Å². The molecule has 1 aromatic carbocycles. The number of carbonyl (C=O) groups is 3. The molecule has 2 aromatic rings. The third-order valence-corrected chi connectivity index (χ3v) is 4.21. The Labute approximate surface area is 157 Å². The minimum Gasteiger partial charge on any atom is -0.342 e. The standard InChI is InChI=1S/C19H21N5O3/c1-14(26)21-16-3-2-4-17(12-16)22-18-11-15(5-6-20-18)19(27)24-9-7-23(13-25)8-10-24/h2-6,11-13H,7-10H2,1H3,(H,20,22)(H,21,26). The van der Waals surface area contributed by atoms with Crippen molar-refractivity contribution in [3.8, 4) is 0 Å². The summed E-state index contributed by atoms with van der Waals surface area (Å²) in [5, 5.41) is 5.87. The molecule has 2 heterocycles. The fourth-order valence-corrected chi connectivity index (χ4v) is 2.87. The van der Waals surface area contributed by atoms with Crippen LogP contribution in [0, 0.1) is 0 Å². The second kappa shape index (κ2) is 8.31. The van der Waals surface area contributed by atoms with Gasteiger partial charge in [0, 0.05) is 56.2 Å². The third kappa shape index (κ3) is 4.81. The van der Waals surface area contributed by atoms with E-state index in [1.165, 1.54) is 6.92 Å². The van der Waals surface area contributed by atoms with Gasteiger partial charge in [-0.05, 0) is 30.3 Å². The van der Waals surface area contributed by atoms with Crippen molar-refractivity contribution in [3.63, 3.8) is 0 Å². The molecule has 0 spiro atoms. The van der Waals surface area contributed by atoms with Gasteiger partial charge < -0.3 is 20.4 Å². The quantitative estimate of drug-likeness (QED) is 0.785. The topological polar surface area (TPSA) is 94.6 Å². The molecule has 1 saturated heterocycles. The van der Waals surface area contributed by atoms with E-state index in [1.807, 2.05) is 12.1 Å². The van der Waals surface area contributed by atoms with E-state index in [0.717, 1.165) is 12.1 Å². The van der Waals surface area contributed by atoms with Crippen LogP contribution in [0.25, 0.3) is 0 Å². The molecule has 140 valence electrons. The first-order valence-corrected chi connectivity index (χ1v) is 8.64. The lowest BCUT2D eigenvalue weighted by Crippen LogP contribution is -2.48. The first-order valence-electron chi connectivity index (χ1n) is 8.64. The van der Waals surface area contributed by atoms with E-state index in [0.29, 0.717) is 43.2 Å². The van der Waals surface area contributed by atoms with Crippen molar-refractivity contribution in [2.45, 2.75) is 6.92 Å². The van der Waals surface area contributed by atoms with Crippen LogP contribution >= 0.6 is 0 Å². The SMILES string of the molecule is CC(=O)Nc1cccc(Nc2cc(C(=O)N3CCN(C=O)CC3)ccn2)c1. The lowest BCUT2D eigenvalue weighted by molar-refractivity contribution is -0.119. The maximum Gasteiger partial charge on any atom is 0.254 e. The molecule has 0 radical (unpaired) electrons. The summed E-state index contributed by atoms with van der Waals surface area (Å²) in [4.78, 5) is 42.3. The van der Waals surface area contributed by atoms with Gasteiger partial charge in [-0.3, -0.25) is 14.4 Å². The Morgan fingerprint density at radius 1 is 1.07 bits per heavy atom. The van der Waals surface area contributed by atoms with Gasteiger partial charge in [0.05, 0.1) is 0 Å². The Balaban J connectivity index is 1.69. The molecule has 3 rings (SSSR count). The number of carbonyl (C=O) groups excluding carboxylic acids is 3. The van der Waals surface area contributed by atoms with E-state index in [9.17, 15) is 14.4 Å². The Morgan fingerprint density at radius 3 is 2.52 bits per heavy atom. The Morgan fingerprint density at radius 2 is 1.81 bits per heavy atom. The molecule has 2 N–H and O–H groups in total. The molecule has 0 aliphatic carbocycles. The van der Waals surface area contributed by atoms with Crippen molar-refractivity contribution in [1.82, 2.24) is 14.8 Å². The number of piperazine rings is 1. The molecule has 0 atom stereocenters. The zero-order valence-electron chi connectivity index (χ0n) is 15.0. The Kier molecular flexibility index (Phi) is 5.65. The van der Waals surface area contributed by atoms with Crippen LogP contribution in [0.2, 0.25) is 0 Å². The van der Waals surface area contributed by atoms with Crippen LogP contribution in [0.4, 0.5) is 17.2 Å². The smallest absolute Gasteiger partial charge is 0.254 e. The van der Waals surface area contributed by atoms with Gasteiger partial charge in [-0.25, -0.2) is 4.98 Å². The van der Waals surface area contributed by atoms with Gasteiger partial charge in [-0.15, -0.1) is 0 Å². The summed E-state index contributed by atoms with van der Waals surface area (Å²) in [7, 11) is 0. The lowest BCUT2D eigenvalue weighted by Gasteiger charge is -2.32. The highest BCUT2D eigenvalue weighted by molar-refractivity contribution is 5.95. The minimum atomic E-state index is -0.146. The number of nitrogens with one attached hydrogen (secondary N) is 2. The molecular weight excluding hydrogens is 346 g/mol. The monoisotopic (exact) mass is 367 g/mol. The summed E-state index contributed by atoms with van der Waals surface area (Å²) in [6.45, 7) is 3.57. The Hall–Kier alpha value is -3.42. The molecule has 8 nitrogen and oxygen atoms in total. The van der Waals surface area contributed by atoms with Gasteiger partial charge in [-0.2, -0.15) is 0 Å². The zero-order valence-corrected chi connectivity index (χ0v) is 15.0. The fraction of sp³-hybridized carbons (Fsp3) is 0.263. The summed E-state index contributed by atoms with van der Waals surface area (Å²) in [6.07, 6.45) is 2.39. The average Bonchev–Trinajstić information content (AvgIpc) is 2.67. The van der Waals surface area contributed by atoms with E-state index in [4.69, 9.17) is 0 Å². The van der Waals surface area contributed by atoms with Gasteiger partial charge in [0.25, 0.3) is 5.91 Å². The average molecular weight is 367 g/mol. The maximum atomic E-state index is 12.7. The molecule has 0 bridgehead atoms.